The van der Waals surface area contributed by atoms with Crippen LogP contribution in [0, 0.1) is 19.3 Å². The second-order valence-electron chi connectivity index (χ2n) is 9.21. The van der Waals surface area contributed by atoms with Crippen molar-refractivity contribution in [1.29, 1.82) is 0 Å². The molecule has 2 fully saturated rings. The lowest BCUT2D eigenvalue weighted by Crippen LogP contribution is -2.56. The molecule has 2 aliphatic rings. The third-order valence-corrected chi connectivity index (χ3v) is 7.06. The number of carbonyl (C=O) groups excluding carboxylic acids is 2. The Morgan fingerprint density at radius 3 is 2.81 bits per heavy atom. The molecule has 2 aromatic rings. The van der Waals surface area contributed by atoms with E-state index in [0.717, 1.165) is 50.0 Å². The Morgan fingerprint density at radius 2 is 2.06 bits per heavy atom. The van der Waals surface area contributed by atoms with Crippen molar-refractivity contribution >= 4 is 11.8 Å². The number of nitrogens with one attached hydrogen (secondary N) is 1. The number of hydrogen-bond acceptors (Lipinski definition) is 5. The zero-order chi connectivity index (χ0) is 22.7. The summed E-state index contributed by atoms with van der Waals surface area (Å²) in [5.41, 5.74) is 2.05. The normalized spacial score (nSPS) is 22.7. The molecule has 0 spiro atoms. The van der Waals surface area contributed by atoms with E-state index in [4.69, 9.17) is 9.26 Å². The van der Waals surface area contributed by atoms with Gasteiger partial charge in [-0.05, 0) is 51.7 Å². The fourth-order valence-electron chi connectivity index (χ4n) is 5.26. The summed E-state index contributed by atoms with van der Waals surface area (Å²) in [4.78, 5) is 27.6. The van der Waals surface area contributed by atoms with Crippen molar-refractivity contribution in [2.45, 2.75) is 71.9 Å². The van der Waals surface area contributed by atoms with Gasteiger partial charge in [0.25, 0.3) is 5.91 Å². The van der Waals surface area contributed by atoms with Gasteiger partial charge in [0.1, 0.15) is 18.1 Å². The zero-order valence-corrected chi connectivity index (χ0v) is 19.3. The molecule has 2 amide bonds. The van der Waals surface area contributed by atoms with E-state index < -0.39 is 0 Å². The Bertz CT molecular complexity index is 968. The molecule has 7 nitrogen and oxygen atoms in total. The fourth-order valence-corrected chi connectivity index (χ4v) is 5.26. The van der Waals surface area contributed by atoms with Gasteiger partial charge in [-0.1, -0.05) is 36.2 Å². The fraction of sp³-hybridized carbons (Fsp3) is 0.560. The van der Waals surface area contributed by atoms with Crippen LogP contribution in [0.1, 0.15) is 72.8 Å². The van der Waals surface area contributed by atoms with Gasteiger partial charge in [0.2, 0.25) is 5.91 Å². The van der Waals surface area contributed by atoms with Crippen molar-refractivity contribution in [2.24, 2.45) is 5.41 Å². The Balaban J connectivity index is 1.43. The van der Waals surface area contributed by atoms with Gasteiger partial charge in [-0.15, -0.1) is 0 Å². The van der Waals surface area contributed by atoms with Gasteiger partial charge in [-0.25, -0.2) is 0 Å². The Morgan fingerprint density at radius 1 is 1.28 bits per heavy atom. The van der Waals surface area contributed by atoms with Crippen LogP contribution >= 0.6 is 0 Å². The van der Waals surface area contributed by atoms with Gasteiger partial charge in [0.15, 0.2) is 5.69 Å². The lowest BCUT2D eigenvalue weighted by Gasteiger charge is -2.46. The highest BCUT2D eigenvalue weighted by atomic mass is 16.5. The number of piperidine rings is 1. The first-order valence-corrected chi connectivity index (χ1v) is 11.7. The van der Waals surface area contributed by atoms with E-state index in [0.29, 0.717) is 24.3 Å². The minimum absolute atomic E-state index is 0.0456. The van der Waals surface area contributed by atoms with Crippen LogP contribution in [0.25, 0.3) is 0 Å². The van der Waals surface area contributed by atoms with E-state index in [1.165, 1.54) is 0 Å². The Hall–Kier alpha value is -2.83. The summed E-state index contributed by atoms with van der Waals surface area (Å²) in [6.07, 6.45) is 5.48. The molecule has 0 bridgehead atoms. The van der Waals surface area contributed by atoms with Crippen LogP contribution < -0.4 is 10.1 Å². The van der Waals surface area contributed by atoms with E-state index >= 15 is 0 Å². The second kappa shape index (κ2) is 9.35. The topological polar surface area (TPSA) is 84.7 Å². The van der Waals surface area contributed by atoms with E-state index in [-0.39, 0.29) is 35.6 Å². The molecule has 1 saturated carbocycles. The molecule has 1 aliphatic heterocycles. The standard InChI is InChI=1S/C25H33N3O4/c1-4-14-28-21-6-5-12-25(21,13-11-22(28)29)16-26-24(30)23-20(18(3)32-27-23)15-31-19-9-7-17(2)8-10-19/h7-10,21H,4-6,11-16H2,1-3H3,(H,26,30)/t21-,25+/m1/s1. The third-order valence-electron chi connectivity index (χ3n) is 7.06. The van der Waals surface area contributed by atoms with Crippen LogP contribution in [-0.4, -0.2) is 41.0 Å². The molecular formula is C25H33N3O4. The number of aryl methyl sites for hydroxylation is 2. The number of amides is 2. The third kappa shape index (κ3) is 4.38. The first-order chi connectivity index (χ1) is 15.4. The van der Waals surface area contributed by atoms with Crippen molar-refractivity contribution in [3.05, 3.63) is 46.8 Å². The molecule has 32 heavy (non-hydrogen) atoms. The van der Waals surface area contributed by atoms with E-state index in [1.807, 2.05) is 31.2 Å². The summed E-state index contributed by atoms with van der Waals surface area (Å²) >= 11 is 0. The first kappa shape index (κ1) is 22.4. The van der Waals surface area contributed by atoms with Gasteiger partial charge in [0.05, 0.1) is 5.56 Å². The molecule has 7 heteroatoms. The van der Waals surface area contributed by atoms with Crippen LogP contribution in [0.15, 0.2) is 28.8 Å². The highest BCUT2D eigenvalue weighted by Gasteiger charge is 2.50. The number of nitrogens with zero attached hydrogens (tertiary/aromatic N) is 2. The van der Waals surface area contributed by atoms with Gasteiger partial charge in [-0.3, -0.25) is 9.59 Å². The quantitative estimate of drug-likeness (QED) is 0.667. The summed E-state index contributed by atoms with van der Waals surface area (Å²) in [5.74, 6) is 1.32. The van der Waals surface area contributed by atoms with Crippen LogP contribution in [0.2, 0.25) is 0 Å². The van der Waals surface area contributed by atoms with E-state index in [2.05, 4.69) is 22.3 Å². The lowest BCUT2D eigenvalue weighted by atomic mass is 9.74. The predicted octanol–water partition coefficient (Wildman–Crippen LogP) is 4.17. The summed E-state index contributed by atoms with van der Waals surface area (Å²) in [7, 11) is 0. The lowest BCUT2D eigenvalue weighted by molar-refractivity contribution is -0.141. The number of benzene rings is 1. The number of fused-ring (bicyclic) bond motifs is 1. The molecule has 0 radical (unpaired) electrons. The maximum atomic E-state index is 13.1. The minimum Gasteiger partial charge on any atom is -0.489 e. The van der Waals surface area contributed by atoms with Crippen LogP contribution in [0.4, 0.5) is 0 Å². The minimum atomic E-state index is -0.247. The number of likely N-dealkylation sites (tertiary alicyclic amines) is 1. The largest absolute Gasteiger partial charge is 0.489 e. The molecule has 4 rings (SSSR count). The summed E-state index contributed by atoms with van der Waals surface area (Å²) < 4.78 is 11.2. The molecular weight excluding hydrogens is 406 g/mol. The number of aromatic nitrogens is 1. The van der Waals surface area contributed by atoms with E-state index in [1.54, 1.807) is 6.92 Å². The molecule has 1 aromatic carbocycles. The van der Waals surface area contributed by atoms with E-state index in [9.17, 15) is 9.59 Å². The molecule has 172 valence electrons. The van der Waals surface area contributed by atoms with Crippen LogP contribution in [-0.2, 0) is 11.4 Å². The molecule has 2 atom stereocenters. The molecule has 1 N–H and O–H groups in total. The van der Waals surface area contributed by atoms with Crippen LogP contribution in [0.5, 0.6) is 5.75 Å². The van der Waals surface area contributed by atoms with Crippen molar-refractivity contribution in [2.75, 3.05) is 13.1 Å². The average molecular weight is 440 g/mol. The second-order valence-corrected chi connectivity index (χ2v) is 9.21. The molecule has 1 aromatic heterocycles. The number of carbonyl (C=O) groups is 2. The van der Waals surface area contributed by atoms with Crippen molar-refractivity contribution in [1.82, 2.24) is 15.4 Å². The maximum Gasteiger partial charge on any atom is 0.273 e. The highest BCUT2D eigenvalue weighted by Crippen LogP contribution is 2.47. The maximum absolute atomic E-state index is 13.1. The number of hydrogen-bond donors (Lipinski definition) is 1. The summed E-state index contributed by atoms with van der Waals surface area (Å²) in [5, 5.41) is 7.13. The highest BCUT2D eigenvalue weighted by molar-refractivity contribution is 5.93. The van der Waals surface area contributed by atoms with Crippen molar-refractivity contribution in [3.63, 3.8) is 0 Å². The van der Waals surface area contributed by atoms with Crippen molar-refractivity contribution < 1.29 is 18.8 Å². The van der Waals surface area contributed by atoms with Gasteiger partial charge in [-0.2, -0.15) is 0 Å². The van der Waals surface area contributed by atoms with Gasteiger partial charge >= 0.3 is 0 Å². The van der Waals surface area contributed by atoms with Gasteiger partial charge in [0, 0.05) is 31.0 Å². The molecule has 1 aliphatic carbocycles. The number of ether oxygens (including phenoxy) is 1. The Kier molecular flexibility index (Phi) is 6.53. The molecule has 2 heterocycles. The van der Waals surface area contributed by atoms with Crippen LogP contribution in [0.3, 0.4) is 0 Å². The average Bonchev–Trinajstić information content (AvgIpc) is 3.38. The predicted molar refractivity (Wildman–Crippen MR) is 120 cm³/mol. The smallest absolute Gasteiger partial charge is 0.273 e. The summed E-state index contributed by atoms with van der Waals surface area (Å²) in [6.45, 7) is 7.48. The summed E-state index contributed by atoms with van der Waals surface area (Å²) in [6, 6.07) is 8.00. The Labute approximate surface area is 189 Å². The SMILES string of the molecule is CCCN1C(=O)CC[C@]2(CNC(=O)c3noc(C)c3COc3ccc(C)cc3)CCC[C@@H]12. The monoisotopic (exact) mass is 439 g/mol. The number of rotatable bonds is 8. The molecule has 1 saturated heterocycles. The molecule has 0 unspecified atom stereocenters. The first-order valence-electron chi connectivity index (χ1n) is 11.7. The van der Waals surface area contributed by atoms with Gasteiger partial charge < -0.3 is 19.5 Å². The van der Waals surface area contributed by atoms with Crippen molar-refractivity contribution in [3.8, 4) is 5.75 Å². The zero-order valence-electron chi connectivity index (χ0n) is 19.3.